The van der Waals surface area contributed by atoms with Gasteiger partial charge in [-0.2, -0.15) is 0 Å². The van der Waals surface area contributed by atoms with Gasteiger partial charge in [0.25, 0.3) is 0 Å². The highest BCUT2D eigenvalue weighted by Gasteiger charge is 2.48. The number of hydrogen-bond donors (Lipinski definition) is 1. The Morgan fingerprint density at radius 3 is 1.97 bits per heavy atom. The van der Waals surface area contributed by atoms with Gasteiger partial charge < -0.3 is 10.0 Å². The number of nitrogens with zero attached hydrogens (tertiary/aromatic N) is 1. The molecule has 0 saturated heterocycles. The van der Waals surface area contributed by atoms with Gasteiger partial charge in [0.15, 0.2) is 0 Å². The topological polar surface area (TPSA) is 23.5 Å². The van der Waals surface area contributed by atoms with Crippen LogP contribution in [0.15, 0.2) is 84.9 Å². The van der Waals surface area contributed by atoms with Crippen LogP contribution in [-0.4, -0.2) is 24.1 Å². The molecular weight excluding hydrogens is 402 g/mol. The van der Waals surface area contributed by atoms with Crippen LogP contribution in [0.25, 0.3) is 0 Å². The first-order valence-corrected chi connectivity index (χ1v) is 12.3. The average Bonchev–Trinajstić information content (AvgIpc) is 2.81. The highest BCUT2D eigenvalue weighted by atomic mass is 16.3. The molecule has 1 aliphatic rings. The van der Waals surface area contributed by atoms with Gasteiger partial charge in [-0.15, -0.1) is 0 Å². The predicted octanol–water partition coefficient (Wildman–Crippen LogP) is 7.06. The molecule has 0 aromatic heterocycles. The van der Waals surface area contributed by atoms with Crippen molar-refractivity contribution in [2.75, 3.05) is 14.1 Å². The van der Waals surface area contributed by atoms with Gasteiger partial charge in [0.05, 0.1) is 5.60 Å². The second-order valence-electron chi connectivity index (χ2n) is 11.1. The second-order valence-corrected chi connectivity index (χ2v) is 11.1. The maximum Gasteiger partial charge on any atom is 0.0943 e. The Labute approximate surface area is 200 Å². The van der Waals surface area contributed by atoms with Gasteiger partial charge in [-0.05, 0) is 66.9 Å². The molecule has 0 heterocycles. The Kier molecular flexibility index (Phi) is 6.79. The number of aliphatic hydroxyl groups is 1. The monoisotopic (exact) mass is 441 g/mol. The minimum atomic E-state index is -0.869. The van der Waals surface area contributed by atoms with Gasteiger partial charge in [-0.3, -0.25) is 0 Å². The molecule has 0 aliphatic heterocycles. The van der Waals surface area contributed by atoms with Crippen LogP contribution in [0.5, 0.6) is 0 Å². The summed E-state index contributed by atoms with van der Waals surface area (Å²) >= 11 is 0. The Bertz CT molecular complexity index is 1020. The third-order valence-electron chi connectivity index (χ3n) is 7.63. The second kappa shape index (κ2) is 9.44. The van der Waals surface area contributed by atoms with E-state index in [-0.39, 0.29) is 17.4 Å². The molecule has 0 amide bonds. The highest BCUT2D eigenvalue weighted by molar-refractivity contribution is 5.34. The quantitative estimate of drug-likeness (QED) is 0.458. The lowest BCUT2D eigenvalue weighted by atomic mass is 9.62. The van der Waals surface area contributed by atoms with Gasteiger partial charge in [-0.1, -0.05) is 106 Å². The molecule has 174 valence electrons. The maximum atomic E-state index is 12.4. The van der Waals surface area contributed by atoms with Gasteiger partial charge in [-0.25, -0.2) is 0 Å². The lowest BCUT2D eigenvalue weighted by Crippen LogP contribution is -2.46. The van der Waals surface area contributed by atoms with Crippen molar-refractivity contribution < 1.29 is 5.11 Å². The van der Waals surface area contributed by atoms with E-state index in [1.807, 2.05) is 0 Å². The number of rotatable bonds is 5. The molecule has 4 atom stereocenters. The van der Waals surface area contributed by atoms with Crippen molar-refractivity contribution in [3.05, 3.63) is 107 Å². The van der Waals surface area contributed by atoms with Crippen molar-refractivity contribution in [1.82, 2.24) is 4.90 Å². The van der Waals surface area contributed by atoms with Crippen molar-refractivity contribution in [3.63, 3.8) is 0 Å². The zero-order valence-corrected chi connectivity index (χ0v) is 20.8. The summed E-state index contributed by atoms with van der Waals surface area (Å²) in [7, 11) is 4.29. The molecule has 1 N–H and O–H groups in total. The van der Waals surface area contributed by atoms with E-state index < -0.39 is 5.60 Å². The van der Waals surface area contributed by atoms with E-state index in [9.17, 15) is 5.11 Å². The standard InChI is InChI=1S/C31H39NO/c1-30(2,3)26-16-18-27(19-17-26)31(33)21-20-25(23-12-8-6-9-13-23)22-28(31)29(32(4)5)24-14-10-7-11-15-24/h6-19,25,28-29,33H,20-22H2,1-5H3. The molecule has 0 radical (unpaired) electrons. The van der Waals surface area contributed by atoms with E-state index in [1.165, 1.54) is 16.7 Å². The fourth-order valence-electron chi connectivity index (χ4n) is 5.77. The third kappa shape index (κ3) is 4.93. The molecule has 3 aromatic carbocycles. The molecule has 3 aromatic rings. The lowest BCUT2D eigenvalue weighted by Gasteiger charge is -2.49. The zero-order chi connectivity index (χ0) is 23.6. The van der Waals surface area contributed by atoms with Crippen molar-refractivity contribution in [3.8, 4) is 0 Å². The molecule has 0 bridgehead atoms. The molecular formula is C31H39NO. The Hall–Kier alpha value is -2.42. The minimum Gasteiger partial charge on any atom is -0.385 e. The molecule has 4 unspecified atom stereocenters. The van der Waals surface area contributed by atoms with Gasteiger partial charge in [0.1, 0.15) is 0 Å². The fourth-order valence-corrected chi connectivity index (χ4v) is 5.77. The normalized spacial score (nSPS) is 24.6. The van der Waals surface area contributed by atoms with E-state index in [0.717, 1.165) is 24.8 Å². The Morgan fingerprint density at radius 1 is 0.848 bits per heavy atom. The van der Waals surface area contributed by atoms with Gasteiger partial charge in [0.2, 0.25) is 0 Å². The summed E-state index contributed by atoms with van der Waals surface area (Å²) in [4.78, 5) is 2.29. The summed E-state index contributed by atoms with van der Waals surface area (Å²) in [5.74, 6) is 0.533. The van der Waals surface area contributed by atoms with Gasteiger partial charge in [0, 0.05) is 12.0 Å². The van der Waals surface area contributed by atoms with Crippen LogP contribution in [-0.2, 0) is 11.0 Å². The molecule has 2 heteroatoms. The van der Waals surface area contributed by atoms with E-state index in [0.29, 0.717) is 5.92 Å². The molecule has 4 rings (SSSR count). The van der Waals surface area contributed by atoms with E-state index in [4.69, 9.17) is 0 Å². The Balaban J connectivity index is 1.77. The van der Waals surface area contributed by atoms with Crippen molar-refractivity contribution in [2.45, 2.75) is 63.0 Å². The predicted molar refractivity (Wildman–Crippen MR) is 138 cm³/mol. The largest absolute Gasteiger partial charge is 0.385 e. The van der Waals surface area contributed by atoms with Crippen LogP contribution in [0.3, 0.4) is 0 Å². The summed E-state index contributed by atoms with van der Waals surface area (Å²) < 4.78 is 0. The smallest absolute Gasteiger partial charge is 0.0943 e. The molecule has 0 spiro atoms. The first kappa shape index (κ1) is 23.7. The van der Waals surface area contributed by atoms with Crippen molar-refractivity contribution in [1.29, 1.82) is 0 Å². The minimum absolute atomic E-state index is 0.0781. The third-order valence-corrected chi connectivity index (χ3v) is 7.63. The van der Waals surface area contributed by atoms with Crippen molar-refractivity contribution >= 4 is 0 Å². The SMILES string of the molecule is CN(C)C(c1ccccc1)C1CC(c2ccccc2)CCC1(O)c1ccc(C(C)(C)C)cc1. The van der Waals surface area contributed by atoms with E-state index in [2.05, 4.69) is 125 Å². The van der Waals surface area contributed by atoms with Crippen LogP contribution in [0, 0.1) is 5.92 Å². The first-order valence-electron chi connectivity index (χ1n) is 12.3. The summed E-state index contributed by atoms with van der Waals surface area (Å²) in [5.41, 5.74) is 4.24. The van der Waals surface area contributed by atoms with Crippen LogP contribution in [0.4, 0.5) is 0 Å². The summed E-state index contributed by atoms with van der Waals surface area (Å²) in [6.45, 7) is 6.71. The Morgan fingerprint density at radius 2 is 1.42 bits per heavy atom. The fraction of sp³-hybridized carbons (Fsp3) is 0.419. The molecule has 1 fully saturated rings. The lowest BCUT2D eigenvalue weighted by molar-refractivity contribution is -0.0886. The highest BCUT2D eigenvalue weighted by Crippen LogP contribution is 2.53. The average molecular weight is 442 g/mol. The molecule has 1 saturated carbocycles. The summed E-state index contributed by atoms with van der Waals surface area (Å²) in [6, 6.07) is 30.5. The van der Waals surface area contributed by atoms with Crippen LogP contribution >= 0.6 is 0 Å². The van der Waals surface area contributed by atoms with E-state index >= 15 is 0 Å². The number of benzene rings is 3. The van der Waals surface area contributed by atoms with E-state index in [1.54, 1.807) is 0 Å². The van der Waals surface area contributed by atoms with Crippen LogP contribution in [0.1, 0.15) is 74.2 Å². The first-order chi connectivity index (χ1) is 15.7. The zero-order valence-electron chi connectivity index (χ0n) is 20.8. The van der Waals surface area contributed by atoms with Crippen molar-refractivity contribution in [2.24, 2.45) is 5.92 Å². The van der Waals surface area contributed by atoms with Crippen LogP contribution in [0.2, 0.25) is 0 Å². The number of hydrogen-bond acceptors (Lipinski definition) is 2. The maximum absolute atomic E-state index is 12.4. The summed E-state index contributed by atoms with van der Waals surface area (Å²) in [6.07, 6.45) is 2.72. The van der Waals surface area contributed by atoms with Crippen LogP contribution < -0.4 is 0 Å². The summed E-state index contributed by atoms with van der Waals surface area (Å²) in [5, 5.41) is 12.4. The molecule has 1 aliphatic carbocycles. The molecule has 2 nitrogen and oxygen atoms in total. The molecule has 33 heavy (non-hydrogen) atoms. The van der Waals surface area contributed by atoms with Gasteiger partial charge >= 0.3 is 0 Å².